The minimum absolute atomic E-state index is 1.13. The van der Waals surface area contributed by atoms with Gasteiger partial charge in [-0.15, -0.1) is 0 Å². The van der Waals surface area contributed by atoms with Crippen molar-refractivity contribution in [1.82, 2.24) is 0 Å². The van der Waals surface area contributed by atoms with Gasteiger partial charge in [0.2, 0.25) is 0 Å². The summed E-state index contributed by atoms with van der Waals surface area (Å²) in [5.41, 5.74) is 0. The van der Waals surface area contributed by atoms with Crippen LogP contribution in [0.15, 0.2) is 0 Å². The molecule has 0 radical (unpaired) electrons. The molecule has 0 aliphatic rings. The van der Waals surface area contributed by atoms with Crippen molar-refractivity contribution in [2.75, 3.05) is 0 Å². The Hall–Kier alpha value is 0.619. The van der Waals surface area contributed by atoms with Crippen LogP contribution in [0.3, 0.4) is 0 Å². The molecule has 0 aliphatic carbocycles. The molecule has 0 saturated carbocycles. The first-order valence-corrected chi connectivity index (χ1v) is 7.76. The van der Waals surface area contributed by atoms with E-state index in [1.165, 1.54) is 0 Å². The second kappa shape index (κ2) is 2.93. The first kappa shape index (κ1) is 10.6. The monoisotopic (exact) mass is 298 g/mol. The van der Waals surface area contributed by atoms with Crippen LogP contribution in [-0.2, 0) is 0 Å². The average Bonchev–Trinajstić information content (AvgIpc) is 1.59. The number of hydrogen-bond acceptors (Lipinski definition) is 0. The fourth-order valence-electron chi connectivity index (χ4n) is 0.131. The van der Waals surface area contributed by atoms with Gasteiger partial charge in [-0.05, 0) is 0 Å². The van der Waals surface area contributed by atoms with Crippen LogP contribution in [0, 0.1) is 0 Å². The second-order valence-corrected chi connectivity index (χ2v) is 7.86. The van der Waals surface area contributed by atoms with Crippen LogP contribution in [0.1, 0.15) is 0 Å². The van der Waals surface area contributed by atoms with Crippen LogP contribution >= 0.6 is 0 Å². The summed E-state index contributed by atoms with van der Waals surface area (Å²) in [7, 11) is 0. The van der Waals surface area contributed by atoms with Gasteiger partial charge in [0.1, 0.15) is 0 Å². The maximum atomic E-state index is 11.2. The summed E-state index contributed by atoms with van der Waals surface area (Å²) >= 11 is -3.44. The maximum absolute atomic E-state index is 11.2. The fourth-order valence-corrected chi connectivity index (χ4v) is 0.682. The molecule has 0 spiro atoms. The Kier molecular flexibility index (Phi) is 3.11. The van der Waals surface area contributed by atoms with Gasteiger partial charge in [0.05, 0.1) is 0 Å². The molecular weight excluding hydrogens is 296 g/mol. The zero-order valence-electron chi connectivity index (χ0n) is 4.08. The van der Waals surface area contributed by atoms with Crippen molar-refractivity contribution in [3.05, 3.63) is 0 Å². The van der Waals surface area contributed by atoms with E-state index in [0.717, 1.165) is 13.7 Å². The van der Waals surface area contributed by atoms with Crippen LogP contribution in [0.2, 0.25) is 0 Å². The van der Waals surface area contributed by atoms with Gasteiger partial charge in [-0.1, -0.05) is 0 Å². The first-order chi connectivity index (χ1) is 4.15. The molecule has 0 aromatic rings. The Bertz CT molecular complexity index is 125. The third-order valence-electron chi connectivity index (χ3n) is 0.420. The van der Waals surface area contributed by atoms with E-state index in [2.05, 4.69) is 0 Å². The molecule has 0 aromatic heterocycles. The van der Waals surface area contributed by atoms with Crippen molar-refractivity contribution in [3.8, 4) is 0 Å². The predicted octanol–water partition coefficient (Wildman–Crippen LogP) is 1.35. The van der Waals surface area contributed by atoms with Crippen molar-refractivity contribution >= 4 is 25.2 Å². The number of hydrogen-bond donors (Lipinski definition) is 0. The van der Waals surface area contributed by atoms with E-state index in [0.29, 0.717) is 0 Å². The van der Waals surface area contributed by atoms with E-state index in [1.807, 2.05) is 0 Å². The standard InChI is InChI=1S/C2F6Se2/c3-1(4,5)10(9)2(6,7)8. The Morgan fingerprint density at radius 2 is 1.00 bits per heavy atom. The molecule has 0 unspecified atom stereocenters. The first-order valence-electron chi connectivity index (χ1n) is 1.71. The molecular formula is C2F6Se2. The van der Waals surface area contributed by atoms with Crippen LogP contribution < -0.4 is 0 Å². The van der Waals surface area contributed by atoms with Gasteiger partial charge in [0, 0.05) is 0 Å². The molecule has 0 heterocycles. The molecule has 10 heavy (non-hydrogen) atoms. The molecule has 0 aromatic carbocycles. The summed E-state index contributed by atoms with van der Waals surface area (Å²) in [6.07, 6.45) is 0. The number of rotatable bonds is 0. The summed E-state index contributed by atoms with van der Waals surface area (Å²) in [6, 6.07) is 0. The zero-order valence-corrected chi connectivity index (χ0v) is 7.51. The van der Waals surface area contributed by atoms with Crippen molar-refractivity contribution in [1.29, 1.82) is 0 Å². The molecule has 0 aliphatic heterocycles. The Morgan fingerprint density at radius 1 is 0.800 bits per heavy atom. The van der Waals surface area contributed by atoms with Crippen LogP contribution in [0.25, 0.3) is 0 Å². The SMILES string of the molecule is FC(F)(F)[Se](=[Se])C(F)(F)F. The number of halogens is 6. The van der Waals surface area contributed by atoms with Gasteiger partial charge in [-0.25, -0.2) is 0 Å². The molecule has 0 bridgehead atoms. The van der Waals surface area contributed by atoms with E-state index in [9.17, 15) is 26.3 Å². The molecule has 0 rings (SSSR count). The molecule has 0 fully saturated rings. The van der Waals surface area contributed by atoms with Crippen LogP contribution in [0.5, 0.6) is 0 Å². The van der Waals surface area contributed by atoms with Gasteiger partial charge < -0.3 is 0 Å². The second-order valence-electron chi connectivity index (χ2n) is 1.16. The third-order valence-corrected chi connectivity index (χ3v) is 6.31. The normalized spacial score (nSPS) is 14.3. The van der Waals surface area contributed by atoms with Gasteiger partial charge in [0.15, 0.2) is 0 Å². The molecule has 0 atom stereocenters. The molecule has 62 valence electrons. The molecule has 8 heteroatoms. The average molecular weight is 296 g/mol. The van der Waals surface area contributed by atoms with E-state index < -0.39 is 21.7 Å². The van der Waals surface area contributed by atoms with E-state index in [-0.39, 0.29) is 0 Å². The Labute approximate surface area is 62.1 Å². The zero-order chi connectivity index (χ0) is 8.58. The fraction of sp³-hybridized carbons (Fsp3) is 1.00. The Balaban J connectivity index is 4.40. The molecule has 0 nitrogen and oxygen atoms in total. The molecule has 0 amide bonds. The summed E-state index contributed by atoms with van der Waals surface area (Å²) in [6.45, 7) is 0. The Morgan fingerprint density at radius 3 is 1.00 bits per heavy atom. The van der Waals surface area contributed by atoms with Gasteiger partial charge >= 0.3 is 61.7 Å². The summed E-state index contributed by atoms with van der Waals surface area (Å²) in [5, 5.41) is -10.2. The van der Waals surface area contributed by atoms with Gasteiger partial charge in [-0.3, -0.25) is 0 Å². The van der Waals surface area contributed by atoms with Crippen molar-refractivity contribution in [2.45, 2.75) is 10.1 Å². The third kappa shape index (κ3) is 3.14. The van der Waals surface area contributed by atoms with E-state index in [4.69, 9.17) is 0 Å². The van der Waals surface area contributed by atoms with Gasteiger partial charge in [-0.2, -0.15) is 0 Å². The summed E-state index contributed by atoms with van der Waals surface area (Å²) in [5.74, 6) is 0. The van der Waals surface area contributed by atoms with Gasteiger partial charge in [0.25, 0.3) is 0 Å². The van der Waals surface area contributed by atoms with Crippen LogP contribution in [-0.4, -0.2) is 35.3 Å². The predicted molar refractivity (Wildman–Crippen MR) is 23.6 cm³/mol. The topological polar surface area (TPSA) is 0 Å². The van der Waals surface area contributed by atoms with Crippen LogP contribution in [0.4, 0.5) is 26.3 Å². The quantitative estimate of drug-likeness (QED) is 0.467. The van der Waals surface area contributed by atoms with Crippen molar-refractivity contribution in [2.24, 2.45) is 0 Å². The van der Waals surface area contributed by atoms with E-state index in [1.54, 1.807) is 0 Å². The summed E-state index contributed by atoms with van der Waals surface area (Å²) < 4.78 is 67.5. The number of alkyl halides is 6. The minimum atomic E-state index is -5.11. The van der Waals surface area contributed by atoms with E-state index >= 15 is 0 Å². The van der Waals surface area contributed by atoms with Crippen molar-refractivity contribution < 1.29 is 26.3 Å². The molecule has 0 saturated heterocycles. The summed E-state index contributed by atoms with van der Waals surface area (Å²) in [4.78, 5) is 0. The van der Waals surface area contributed by atoms with Crippen molar-refractivity contribution in [3.63, 3.8) is 0 Å². The molecule has 0 N–H and O–H groups in total.